The average molecular weight is 408 g/mol. The lowest BCUT2D eigenvalue weighted by Gasteiger charge is -2.47. The number of benzene rings is 1. The lowest BCUT2D eigenvalue weighted by Crippen LogP contribution is -2.56. The fourth-order valence-corrected chi connectivity index (χ4v) is 5.39. The molecule has 6 heteroatoms. The Morgan fingerprint density at radius 1 is 1.13 bits per heavy atom. The first-order chi connectivity index (χ1) is 14.3. The van der Waals surface area contributed by atoms with Gasteiger partial charge in [-0.3, -0.25) is 10.1 Å². The fourth-order valence-electron chi connectivity index (χ4n) is 5.39. The van der Waals surface area contributed by atoms with E-state index in [1.165, 1.54) is 6.42 Å². The highest BCUT2D eigenvalue weighted by Gasteiger charge is 2.57. The number of nitrogens with one attached hydrogen (secondary N) is 1. The van der Waals surface area contributed by atoms with Crippen LogP contribution < -0.4 is 10.2 Å². The lowest BCUT2D eigenvalue weighted by molar-refractivity contribution is -0.118. The van der Waals surface area contributed by atoms with Gasteiger partial charge in [-0.15, -0.1) is 0 Å². The van der Waals surface area contributed by atoms with Crippen LogP contribution in [-0.4, -0.2) is 22.5 Å². The molecule has 2 aliphatic rings. The van der Waals surface area contributed by atoms with Gasteiger partial charge in [-0.1, -0.05) is 49.6 Å². The number of pyridine rings is 1. The van der Waals surface area contributed by atoms with Crippen molar-refractivity contribution in [1.29, 1.82) is 0 Å². The number of anilines is 2. The van der Waals surface area contributed by atoms with Gasteiger partial charge in [0.25, 0.3) is 0 Å². The normalized spacial score (nSPS) is 18.7. The summed E-state index contributed by atoms with van der Waals surface area (Å²) in [5.41, 5.74) is 2.43. The summed E-state index contributed by atoms with van der Waals surface area (Å²) >= 11 is 0. The van der Waals surface area contributed by atoms with Crippen LogP contribution in [0.4, 0.5) is 16.3 Å². The summed E-state index contributed by atoms with van der Waals surface area (Å²) < 4.78 is 5.33. The molecule has 4 rings (SSSR count). The van der Waals surface area contributed by atoms with E-state index in [9.17, 15) is 9.59 Å². The van der Waals surface area contributed by atoms with Crippen LogP contribution in [-0.2, 0) is 21.6 Å². The molecule has 30 heavy (non-hydrogen) atoms. The van der Waals surface area contributed by atoms with Crippen molar-refractivity contribution in [2.75, 3.05) is 10.2 Å². The molecular formula is C24H29N3O3. The lowest BCUT2D eigenvalue weighted by atomic mass is 9.61. The Morgan fingerprint density at radius 3 is 2.50 bits per heavy atom. The zero-order valence-electron chi connectivity index (χ0n) is 17.9. The van der Waals surface area contributed by atoms with E-state index in [-0.39, 0.29) is 23.5 Å². The molecule has 1 saturated carbocycles. The van der Waals surface area contributed by atoms with Gasteiger partial charge in [0.2, 0.25) is 5.91 Å². The SMILES string of the molecule is CC(=O)N1c2cnc(NC(=O)OCc3ccccc3)cc2C2(CCCCC2)C1(C)C. The second kappa shape index (κ2) is 7.74. The van der Waals surface area contributed by atoms with Gasteiger partial charge in [-0.2, -0.15) is 0 Å². The summed E-state index contributed by atoms with van der Waals surface area (Å²) in [7, 11) is 0. The first-order valence-electron chi connectivity index (χ1n) is 10.6. The predicted octanol–water partition coefficient (Wildman–Crippen LogP) is 5.18. The molecule has 2 heterocycles. The van der Waals surface area contributed by atoms with Crippen LogP contribution in [0.5, 0.6) is 0 Å². The Balaban J connectivity index is 1.59. The molecule has 1 spiro atoms. The topological polar surface area (TPSA) is 71.5 Å². The van der Waals surface area contributed by atoms with E-state index in [2.05, 4.69) is 24.1 Å². The number of fused-ring (bicyclic) bond motifs is 2. The largest absolute Gasteiger partial charge is 0.444 e. The fraction of sp³-hybridized carbons (Fsp3) is 0.458. The van der Waals surface area contributed by atoms with Crippen molar-refractivity contribution in [2.24, 2.45) is 0 Å². The maximum Gasteiger partial charge on any atom is 0.413 e. The van der Waals surface area contributed by atoms with Gasteiger partial charge >= 0.3 is 6.09 Å². The molecule has 1 aliphatic carbocycles. The van der Waals surface area contributed by atoms with E-state index < -0.39 is 6.09 Å². The zero-order valence-corrected chi connectivity index (χ0v) is 17.9. The molecule has 1 aromatic heterocycles. The molecule has 0 saturated heterocycles. The standard InChI is InChI=1S/C24H29N3O3/c1-17(28)27-20-15-25-21(26-22(29)30-16-18-10-6-4-7-11-18)14-19(20)24(23(27,2)3)12-8-5-9-13-24/h4,6-7,10-11,14-15H,5,8-9,12-13,16H2,1-3H3,(H,25,26,29). The highest BCUT2D eigenvalue weighted by atomic mass is 16.5. The zero-order chi connectivity index (χ0) is 21.4. The molecule has 1 aliphatic heterocycles. The van der Waals surface area contributed by atoms with E-state index >= 15 is 0 Å². The number of ether oxygens (including phenoxy) is 1. The van der Waals surface area contributed by atoms with Crippen molar-refractivity contribution < 1.29 is 14.3 Å². The highest BCUT2D eigenvalue weighted by Crippen LogP contribution is 2.58. The van der Waals surface area contributed by atoms with Crippen LogP contribution in [0.25, 0.3) is 0 Å². The molecule has 0 unspecified atom stereocenters. The molecule has 2 aromatic rings. The van der Waals surface area contributed by atoms with E-state index in [0.29, 0.717) is 5.82 Å². The number of rotatable bonds is 3. The number of nitrogens with zero attached hydrogens (tertiary/aromatic N) is 2. The minimum atomic E-state index is -0.537. The predicted molar refractivity (Wildman–Crippen MR) is 116 cm³/mol. The number of amides is 2. The molecule has 158 valence electrons. The Morgan fingerprint density at radius 2 is 1.83 bits per heavy atom. The van der Waals surface area contributed by atoms with Gasteiger partial charge in [0, 0.05) is 12.3 Å². The second-order valence-corrected chi connectivity index (χ2v) is 8.83. The summed E-state index contributed by atoms with van der Waals surface area (Å²) in [6.07, 6.45) is 6.73. The first-order valence-corrected chi connectivity index (χ1v) is 10.6. The number of aromatic nitrogens is 1. The van der Waals surface area contributed by atoms with E-state index in [0.717, 1.165) is 42.5 Å². The molecule has 6 nitrogen and oxygen atoms in total. The summed E-state index contributed by atoms with van der Waals surface area (Å²) in [5.74, 6) is 0.478. The van der Waals surface area contributed by atoms with Crippen molar-refractivity contribution in [1.82, 2.24) is 4.98 Å². The smallest absolute Gasteiger partial charge is 0.413 e. The van der Waals surface area contributed by atoms with Gasteiger partial charge in [0.1, 0.15) is 12.4 Å². The van der Waals surface area contributed by atoms with Crippen molar-refractivity contribution in [3.63, 3.8) is 0 Å². The van der Waals surface area contributed by atoms with Gasteiger partial charge in [-0.05, 0) is 43.9 Å². The van der Waals surface area contributed by atoms with Crippen LogP contribution in [0.3, 0.4) is 0 Å². The number of hydrogen-bond acceptors (Lipinski definition) is 4. The molecule has 0 atom stereocenters. The Kier molecular flexibility index (Phi) is 5.26. The van der Waals surface area contributed by atoms with E-state index in [1.807, 2.05) is 41.3 Å². The summed E-state index contributed by atoms with van der Waals surface area (Å²) in [6, 6.07) is 11.5. The average Bonchev–Trinajstić information content (AvgIpc) is 2.91. The summed E-state index contributed by atoms with van der Waals surface area (Å²) in [4.78, 5) is 31.2. The molecule has 2 amide bonds. The molecule has 0 bridgehead atoms. The third kappa shape index (κ3) is 3.34. The number of carbonyl (C=O) groups is 2. The summed E-state index contributed by atoms with van der Waals surface area (Å²) in [6.45, 7) is 6.12. The van der Waals surface area contributed by atoms with Crippen LogP contribution in [0.1, 0.15) is 64.0 Å². The molecular weight excluding hydrogens is 378 g/mol. The van der Waals surface area contributed by atoms with Gasteiger partial charge in [-0.25, -0.2) is 9.78 Å². The number of carbonyl (C=O) groups excluding carboxylic acids is 2. The highest BCUT2D eigenvalue weighted by molar-refractivity contribution is 5.97. The van der Waals surface area contributed by atoms with Gasteiger partial charge in [0.15, 0.2) is 0 Å². The van der Waals surface area contributed by atoms with Crippen molar-refractivity contribution in [3.8, 4) is 0 Å². The van der Waals surface area contributed by atoms with Crippen molar-refractivity contribution in [3.05, 3.63) is 53.7 Å². The van der Waals surface area contributed by atoms with Crippen LogP contribution in [0, 0.1) is 0 Å². The molecule has 1 fully saturated rings. The van der Waals surface area contributed by atoms with Crippen molar-refractivity contribution in [2.45, 2.75) is 70.4 Å². The molecule has 0 radical (unpaired) electrons. The van der Waals surface area contributed by atoms with Gasteiger partial charge < -0.3 is 9.64 Å². The quantitative estimate of drug-likeness (QED) is 0.761. The molecule has 1 aromatic carbocycles. The van der Waals surface area contributed by atoms with Crippen molar-refractivity contribution >= 4 is 23.5 Å². The van der Waals surface area contributed by atoms with E-state index in [4.69, 9.17) is 4.74 Å². The third-order valence-corrected chi connectivity index (χ3v) is 6.83. The van der Waals surface area contributed by atoms with E-state index in [1.54, 1.807) is 13.1 Å². The van der Waals surface area contributed by atoms with Crippen LogP contribution in [0.15, 0.2) is 42.6 Å². The van der Waals surface area contributed by atoms with Crippen LogP contribution >= 0.6 is 0 Å². The Labute approximate surface area is 177 Å². The monoisotopic (exact) mass is 407 g/mol. The number of hydrogen-bond donors (Lipinski definition) is 1. The maximum atomic E-state index is 12.5. The maximum absolute atomic E-state index is 12.5. The first kappa shape index (κ1) is 20.4. The minimum absolute atomic E-state index is 0.0217. The minimum Gasteiger partial charge on any atom is -0.444 e. The molecule has 1 N–H and O–H groups in total. The third-order valence-electron chi connectivity index (χ3n) is 6.83. The van der Waals surface area contributed by atoms with Crippen LogP contribution in [0.2, 0.25) is 0 Å². The Hall–Kier alpha value is -2.89. The summed E-state index contributed by atoms with van der Waals surface area (Å²) in [5, 5.41) is 2.76. The second-order valence-electron chi connectivity index (χ2n) is 8.83. The Bertz CT molecular complexity index is 949. The van der Waals surface area contributed by atoms with Gasteiger partial charge in [0.05, 0.1) is 17.4 Å².